The van der Waals surface area contributed by atoms with Crippen LogP contribution in [0.15, 0.2) is 0 Å². The van der Waals surface area contributed by atoms with Crippen LogP contribution in [-0.2, 0) is 22.4 Å². The van der Waals surface area contributed by atoms with Crippen molar-refractivity contribution >= 4 is 0 Å². The Morgan fingerprint density at radius 3 is 1.00 bits per heavy atom. The summed E-state index contributed by atoms with van der Waals surface area (Å²) in [6.45, 7) is -3.08. The second-order valence-electron chi connectivity index (χ2n) is 0.214. The average Bonchev–Trinajstić information content (AvgIpc) is 0.811. The van der Waals surface area contributed by atoms with Gasteiger partial charge in [-0.2, -0.15) is 13.2 Å². The largest absolute Gasteiger partial charge is 0.487 e. The molecule has 0 aromatic rings. The topological polar surface area (TPSA) is 0 Å². The molecule has 0 fully saturated rings. The van der Waals surface area contributed by atoms with Gasteiger partial charge in [-0.1, -0.05) is 0 Å². The van der Waals surface area contributed by atoms with Crippen LogP contribution in [-0.4, -0.2) is 0 Å². The van der Waals surface area contributed by atoms with Gasteiger partial charge in [-0.3, -0.25) is 0 Å². The first kappa shape index (κ1) is 9.11. The number of rotatable bonds is 0. The summed E-state index contributed by atoms with van der Waals surface area (Å²) in [5, 5.41) is 0. The van der Waals surface area contributed by atoms with Crippen LogP contribution in [0.3, 0.4) is 0 Å². The van der Waals surface area contributed by atoms with Gasteiger partial charge in [0.25, 0.3) is 0 Å². The molecule has 0 nitrogen and oxygen atoms in total. The molecule has 0 aliphatic heterocycles. The molecule has 0 aliphatic carbocycles. The van der Waals surface area contributed by atoms with Gasteiger partial charge < -0.3 is 0 Å². The Kier molecular flexibility index (Phi) is 8.25. The van der Waals surface area contributed by atoms with Gasteiger partial charge in [0.2, 0.25) is 0 Å². The summed E-state index contributed by atoms with van der Waals surface area (Å²) in [6.07, 6.45) is 0. The summed E-state index contributed by atoms with van der Waals surface area (Å²) in [7, 11) is 0. The molecule has 0 spiro atoms. The van der Waals surface area contributed by atoms with Crippen LogP contribution < -0.4 is 0 Å². The van der Waals surface area contributed by atoms with Crippen molar-refractivity contribution in [1.29, 1.82) is 0 Å². The van der Waals surface area contributed by atoms with E-state index in [1.165, 1.54) is 0 Å². The van der Waals surface area contributed by atoms with Crippen molar-refractivity contribution in [2.45, 2.75) is 0 Å². The number of hydrogen-bond acceptors (Lipinski definition) is 0. The molecule has 0 saturated carbocycles. The molecular formula is CAgF3. The van der Waals surface area contributed by atoms with E-state index in [1.807, 2.05) is 0 Å². The van der Waals surface area contributed by atoms with Crippen LogP contribution in [0.1, 0.15) is 0 Å². The van der Waals surface area contributed by atoms with Crippen LogP contribution in [0.25, 0.3) is 0 Å². The van der Waals surface area contributed by atoms with Crippen molar-refractivity contribution < 1.29 is 35.6 Å². The van der Waals surface area contributed by atoms with Gasteiger partial charge in [-0.05, 0) is 0 Å². The molecule has 0 heterocycles. The maximum absolute atomic E-state index is 9.58. The predicted molar refractivity (Wildman–Crippen MR) is 6.57 cm³/mol. The SMILES string of the molecule is F[C](F)F.[Ag]. The van der Waals surface area contributed by atoms with Crippen LogP contribution in [0.2, 0.25) is 0 Å². The Balaban J connectivity index is 0. The molecule has 0 amide bonds. The minimum absolute atomic E-state index is 0. The van der Waals surface area contributed by atoms with Gasteiger partial charge in [0, 0.05) is 22.4 Å². The molecule has 0 N–H and O–H groups in total. The zero-order valence-corrected chi connectivity index (χ0v) is 3.42. The molecule has 0 rings (SSSR count). The Bertz CT molecular complexity index is 11.6. The van der Waals surface area contributed by atoms with Crippen molar-refractivity contribution in [3.05, 3.63) is 6.68 Å². The number of halogens is 3. The molecule has 5 heavy (non-hydrogen) atoms. The van der Waals surface area contributed by atoms with E-state index in [4.69, 9.17) is 0 Å². The first-order valence-electron chi connectivity index (χ1n) is 0.567. The second kappa shape index (κ2) is 4.53. The molecule has 2 radical (unpaired) electrons. The summed E-state index contributed by atoms with van der Waals surface area (Å²) in [5.74, 6) is 0. The molecular weight excluding hydrogens is 177 g/mol. The first-order valence-corrected chi connectivity index (χ1v) is 0.567. The standard InChI is InChI=1S/CF3.Ag/c2-1(3)4;. The van der Waals surface area contributed by atoms with Crippen LogP contribution >= 0.6 is 0 Å². The molecule has 0 aliphatic rings. The van der Waals surface area contributed by atoms with Gasteiger partial charge in [0.1, 0.15) is 0 Å². The molecule has 0 aromatic carbocycles. The van der Waals surface area contributed by atoms with Crippen molar-refractivity contribution in [3.63, 3.8) is 0 Å². The minimum Gasteiger partial charge on any atom is -0.162 e. The van der Waals surface area contributed by atoms with E-state index in [-0.39, 0.29) is 22.4 Å². The fourth-order valence-corrected chi connectivity index (χ4v) is 0. The first-order chi connectivity index (χ1) is 1.73. The summed E-state index contributed by atoms with van der Waals surface area (Å²) < 4.78 is 28.8. The van der Waals surface area contributed by atoms with E-state index in [1.54, 1.807) is 0 Å². The molecule has 0 atom stereocenters. The fraction of sp³-hybridized carbons (Fsp3) is 0. The van der Waals surface area contributed by atoms with Gasteiger partial charge in [-0.15, -0.1) is 0 Å². The fourth-order valence-electron chi connectivity index (χ4n) is 0. The smallest absolute Gasteiger partial charge is 0.162 e. The summed E-state index contributed by atoms with van der Waals surface area (Å²) in [4.78, 5) is 0. The zero-order valence-electron chi connectivity index (χ0n) is 1.94. The van der Waals surface area contributed by atoms with E-state index < -0.39 is 6.68 Å². The van der Waals surface area contributed by atoms with Crippen molar-refractivity contribution in [3.8, 4) is 0 Å². The van der Waals surface area contributed by atoms with E-state index in [0.29, 0.717) is 0 Å². The predicted octanol–water partition coefficient (Wildman–Crippen LogP) is 1.34. The third-order valence-corrected chi connectivity index (χ3v) is 0. The molecule has 4 heteroatoms. The molecule has 0 aromatic heterocycles. The van der Waals surface area contributed by atoms with Crippen LogP contribution in [0, 0.1) is 6.68 Å². The van der Waals surface area contributed by atoms with Gasteiger partial charge in [-0.25, -0.2) is 0 Å². The quantitative estimate of drug-likeness (QED) is 0.489. The molecule has 36 valence electrons. The Morgan fingerprint density at radius 2 is 1.00 bits per heavy atom. The van der Waals surface area contributed by atoms with Gasteiger partial charge in [0.05, 0.1) is 0 Å². The third kappa shape index (κ3) is 103. The number of hydrogen-bond donors (Lipinski definition) is 0. The molecule has 0 bridgehead atoms. The van der Waals surface area contributed by atoms with Crippen LogP contribution in [0.5, 0.6) is 0 Å². The van der Waals surface area contributed by atoms with Gasteiger partial charge in [0.15, 0.2) is 0 Å². The minimum atomic E-state index is -3.08. The van der Waals surface area contributed by atoms with Crippen molar-refractivity contribution in [2.75, 3.05) is 0 Å². The maximum atomic E-state index is 9.58. The summed E-state index contributed by atoms with van der Waals surface area (Å²) in [5.41, 5.74) is 0. The third-order valence-electron chi connectivity index (χ3n) is 0. The van der Waals surface area contributed by atoms with E-state index in [2.05, 4.69) is 0 Å². The monoisotopic (exact) mass is 176 g/mol. The summed E-state index contributed by atoms with van der Waals surface area (Å²) >= 11 is 0. The van der Waals surface area contributed by atoms with Crippen LogP contribution in [0.4, 0.5) is 13.2 Å². The molecule has 0 saturated heterocycles. The van der Waals surface area contributed by atoms with E-state index in [9.17, 15) is 13.2 Å². The summed E-state index contributed by atoms with van der Waals surface area (Å²) in [6, 6.07) is 0. The normalized spacial score (nSPS) is 7.20. The average molecular weight is 177 g/mol. The maximum Gasteiger partial charge on any atom is 0.487 e. The van der Waals surface area contributed by atoms with Crippen molar-refractivity contribution in [2.24, 2.45) is 0 Å². The Hall–Kier alpha value is 0.530. The van der Waals surface area contributed by atoms with Gasteiger partial charge >= 0.3 is 6.68 Å². The van der Waals surface area contributed by atoms with E-state index >= 15 is 0 Å². The zero-order chi connectivity index (χ0) is 3.58. The van der Waals surface area contributed by atoms with E-state index in [0.717, 1.165) is 0 Å². The van der Waals surface area contributed by atoms with Crippen molar-refractivity contribution in [1.82, 2.24) is 0 Å². The Morgan fingerprint density at radius 1 is 1.00 bits per heavy atom. The Labute approximate surface area is 42.9 Å². The molecule has 0 unspecified atom stereocenters. The second-order valence-corrected chi connectivity index (χ2v) is 0.214.